The smallest absolute Gasteiger partial charge is 0.131 e. The second-order valence-electron chi connectivity index (χ2n) is 7.05. The predicted octanol–water partition coefficient (Wildman–Crippen LogP) is 1.44. The standard InChI is InChI=1S/C22H30N2O2/c1-2-23-14-16-24(17-15-23)13-6-7-18-25-21-11-8-12-22(19-21)26-20-9-4-3-5-10-20/h3-5,8-12,19H,2,6-7,13-18H2,1H3/p+2. The van der Waals surface area contributed by atoms with Crippen molar-refractivity contribution in [2.24, 2.45) is 0 Å². The fourth-order valence-electron chi connectivity index (χ4n) is 3.48. The first-order chi connectivity index (χ1) is 12.8. The number of hydrogen-bond acceptors (Lipinski definition) is 2. The largest absolute Gasteiger partial charge is 0.493 e. The van der Waals surface area contributed by atoms with Gasteiger partial charge >= 0.3 is 0 Å². The molecule has 0 radical (unpaired) electrons. The van der Waals surface area contributed by atoms with Crippen molar-refractivity contribution in [3.8, 4) is 17.2 Å². The fourth-order valence-corrected chi connectivity index (χ4v) is 3.48. The number of piperazine rings is 1. The van der Waals surface area contributed by atoms with E-state index in [0.29, 0.717) is 0 Å². The van der Waals surface area contributed by atoms with Gasteiger partial charge in [0, 0.05) is 6.07 Å². The van der Waals surface area contributed by atoms with Crippen LogP contribution in [0, 0.1) is 0 Å². The van der Waals surface area contributed by atoms with Crippen LogP contribution >= 0.6 is 0 Å². The number of rotatable bonds is 9. The fraction of sp³-hybridized carbons (Fsp3) is 0.455. The summed E-state index contributed by atoms with van der Waals surface area (Å²) >= 11 is 0. The van der Waals surface area contributed by atoms with Crippen molar-refractivity contribution >= 4 is 0 Å². The predicted molar refractivity (Wildman–Crippen MR) is 104 cm³/mol. The quantitative estimate of drug-likeness (QED) is 0.666. The van der Waals surface area contributed by atoms with E-state index in [1.54, 1.807) is 9.80 Å². The first kappa shape index (κ1) is 18.7. The molecule has 2 aromatic rings. The van der Waals surface area contributed by atoms with E-state index in [1.165, 1.54) is 45.7 Å². The van der Waals surface area contributed by atoms with Crippen molar-refractivity contribution in [2.75, 3.05) is 45.9 Å². The Balaban J connectivity index is 1.34. The second kappa shape index (κ2) is 10.2. The zero-order chi connectivity index (χ0) is 18.0. The summed E-state index contributed by atoms with van der Waals surface area (Å²) in [5, 5.41) is 0. The van der Waals surface area contributed by atoms with E-state index in [9.17, 15) is 0 Å². The van der Waals surface area contributed by atoms with E-state index < -0.39 is 0 Å². The minimum absolute atomic E-state index is 0.772. The summed E-state index contributed by atoms with van der Waals surface area (Å²) in [4.78, 5) is 3.52. The summed E-state index contributed by atoms with van der Waals surface area (Å²) in [6, 6.07) is 17.7. The SMILES string of the molecule is CC[NH+]1CC[NH+](CCCCOc2cccc(Oc3ccccc3)c2)CC1. The molecule has 4 heteroatoms. The topological polar surface area (TPSA) is 27.3 Å². The normalized spacial score (nSPS) is 19.9. The Morgan fingerprint density at radius 2 is 1.46 bits per heavy atom. The summed E-state index contributed by atoms with van der Waals surface area (Å²) in [7, 11) is 0. The van der Waals surface area contributed by atoms with Crippen LogP contribution in [0.15, 0.2) is 54.6 Å². The van der Waals surface area contributed by atoms with Crippen LogP contribution in [0.2, 0.25) is 0 Å². The van der Waals surface area contributed by atoms with Crippen LogP contribution in [0.3, 0.4) is 0 Å². The van der Waals surface area contributed by atoms with E-state index in [4.69, 9.17) is 9.47 Å². The lowest BCUT2D eigenvalue weighted by atomic mass is 10.2. The lowest BCUT2D eigenvalue weighted by Crippen LogP contribution is -3.28. The number of unbranched alkanes of at least 4 members (excludes halogenated alkanes) is 1. The molecule has 4 nitrogen and oxygen atoms in total. The monoisotopic (exact) mass is 356 g/mol. The van der Waals surface area contributed by atoms with Gasteiger partial charge in [-0.2, -0.15) is 0 Å². The van der Waals surface area contributed by atoms with Crippen molar-refractivity contribution in [1.29, 1.82) is 0 Å². The maximum Gasteiger partial charge on any atom is 0.131 e. The number of quaternary nitrogens is 2. The highest BCUT2D eigenvalue weighted by Crippen LogP contribution is 2.25. The molecule has 2 N–H and O–H groups in total. The van der Waals surface area contributed by atoms with Crippen molar-refractivity contribution in [3.05, 3.63) is 54.6 Å². The molecule has 1 aliphatic heterocycles. The van der Waals surface area contributed by atoms with Crippen LogP contribution in [-0.2, 0) is 0 Å². The Hall–Kier alpha value is -2.04. The van der Waals surface area contributed by atoms with Crippen molar-refractivity contribution < 1.29 is 19.3 Å². The lowest BCUT2D eigenvalue weighted by molar-refractivity contribution is -1.01. The molecule has 1 aliphatic rings. The van der Waals surface area contributed by atoms with E-state index in [2.05, 4.69) is 6.92 Å². The van der Waals surface area contributed by atoms with Crippen LogP contribution < -0.4 is 19.3 Å². The molecule has 0 aliphatic carbocycles. The van der Waals surface area contributed by atoms with E-state index in [0.717, 1.165) is 30.3 Å². The molecule has 1 fully saturated rings. The van der Waals surface area contributed by atoms with Gasteiger partial charge in [-0.3, -0.25) is 0 Å². The number of benzene rings is 2. The first-order valence-corrected chi connectivity index (χ1v) is 9.96. The molecule has 26 heavy (non-hydrogen) atoms. The van der Waals surface area contributed by atoms with E-state index >= 15 is 0 Å². The van der Waals surface area contributed by atoms with Crippen LogP contribution in [0.25, 0.3) is 0 Å². The highest BCUT2D eigenvalue weighted by Gasteiger charge is 2.20. The van der Waals surface area contributed by atoms with Crippen LogP contribution in [0.4, 0.5) is 0 Å². The second-order valence-corrected chi connectivity index (χ2v) is 7.05. The molecule has 0 unspecified atom stereocenters. The third kappa shape index (κ3) is 6.04. The van der Waals surface area contributed by atoms with Crippen molar-refractivity contribution in [2.45, 2.75) is 19.8 Å². The number of nitrogens with one attached hydrogen (secondary N) is 2. The summed E-state index contributed by atoms with van der Waals surface area (Å²) in [6.45, 7) is 10.9. The number of para-hydroxylation sites is 1. The zero-order valence-corrected chi connectivity index (χ0v) is 15.9. The highest BCUT2D eigenvalue weighted by atomic mass is 16.5. The zero-order valence-electron chi connectivity index (χ0n) is 15.9. The molecule has 0 atom stereocenters. The summed E-state index contributed by atoms with van der Waals surface area (Å²) in [6.07, 6.45) is 2.34. The third-order valence-corrected chi connectivity index (χ3v) is 5.14. The average molecular weight is 357 g/mol. The molecule has 0 aromatic heterocycles. The van der Waals surface area contributed by atoms with E-state index in [-0.39, 0.29) is 0 Å². The maximum atomic E-state index is 5.91. The molecule has 1 saturated heterocycles. The molecule has 0 amide bonds. The molecular weight excluding hydrogens is 324 g/mol. The van der Waals surface area contributed by atoms with Gasteiger partial charge in [-0.1, -0.05) is 24.3 Å². The molecule has 1 heterocycles. The molecule has 2 aromatic carbocycles. The lowest BCUT2D eigenvalue weighted by Gasteiger charge is -2.28. The molecule has 3 rings (SSSR count). The number of likely N-dealkylation sites (N-methyl/N-ethyl adjacent to an activating group) is 1. The first-order valence-electron chi connectivity index (χ1n) is 9.96. The van der Waals surface area contributed by atoms with Gasteiger partial charge in [-0.15, -0.1) is 0 Å². The Kier molecular flexibility index (Phi) is 7.35. The molecular formula is C22H32N2O2+2. The molecule has 0 bridgehead atoms. The number of ether oxygens (including phenoxy) is 2. The average Bonchev–Trinajstić information content (AvgIpc) is 2.69. The minimum Gasteiger partial charge on any atom is -0.493 e. The van der Waals surface area contributed by atoms with Gasteiger partial charge in [0.2, 0.25) is 0 Å². The van der Waals surface area contributed by atoms with E-state index in [1.807, 2.05) is 54.6 Å². The molecule has 0 saturated carbocycles. The van der Waals surface area contributed by atoms with Crippen LogP contribution in [0.5, 0.6) is 17.2 Å². The maximum absolute atomic E-state index is 5.91. The summed E-state index contributed by atoms with van der Waals surface area (Å²) in [5.74, 6) is 2.54. The Labute approximate surface area is 157 Å². The Morgan fingerprint density at radius 3 is 2.23 bits per heavy atom. The minimum atomic E-state index is 0.772. The van der Waals surface area contributed by atoms with Gasteiger partial charge in [0.1, 0.15) is 43.4 Å². The van der Waals surface area contributed by atoms with Crippen molar-refractivity contribution in [3.63, 3.8) is 0 Å². The van der Waals surface area contributed by atoms with Crippen LogP contribution in [0.1, 0.15) is 19.8 Å². The highest BCUT2D eigenvalue weighted by molar-refractivity contribution is 5.36. The van der Waals surface area contributed by atoms with Gasteiger partial charge in [0.25, 0.3) is 0 Å². The van der Waals surface area contributed by atoms with Gasteiger partial charge in [0.05, 0.1) is 19.7 Å². The van der Waals surface area contributed by atoms with Gasteiger partial charge in [-0.25, -0.2) is 0 Å². The molecule has 0 spiro atoms. The third-order valence-electron chi connectivity index (χ3n) is 5.14. The van der Waals surface area contributed by atoms with Gasteiger partial charge in [0.15, 0.2) is 0 Å². The van der Waals surface area contributed by atoms with Gasteiger partial charge in [-0.05, 0) is 44.0 Å². The van der Waals surface area contributed by atoms with Crippen LogP contribution in [-0.4, -0.2) is 45.9 Å². The summed E-state index contributed by atoms with van der Waals surface area (Å²) in [5.41, 5.74) is 0. The van der Waals surface area contributed by atoms with Gasteiger partial charge < -0.3 is 19.3 Å². The van der Waals surface area contributed by atoms with Crippen molar-refractivity contribution in [1.82, 2.24) is 0 Å². The molecule has 140 valence electrons. The Bertz CT molecular complexity index is 640. The Morgan fingerprint density at radius 1 is 0.769 bits per heavy atom. The summed E-state index contributed by atoms with van der Waals surface area (Å²) < 4.78 is 11.8. The number of hydrogen-bond donors (Lipinski definition) is 2.